The first-order valence-corrected chi connectivity index (χ1v) is 7.44. The standard InChI is InChI=1S/C14H12N2O4S/c1-11-3-2-4-12(9-11)10-15-21(19,20)14-7-5-13(6-8-14)16(17)18/h2-10H,1H3/b15-10+. The summed E-state index contributed by atoms with van der Waals surface area (Å²) in [5, 5.41) is 10.5. The molecule has 108 valence electrons. The highest BCUT2D eigenvalue weighted by Gasteiger charge is 2.13. The third-order valence-electron chi connectivity index (χ3n) is 2.73. The van der Waals surface area contributed by atoms with Crippen molar-refractivity contribution in [3.63, 3.8) is 0 Å². The van der Waals surface area contributed by atoms with Gasteiger partial charge in [-0.2, -0.15) is 12.8 Å². The maximum absolute atomic E-state index is 12.0. The molecule has 21 heavy (non-hydrogen) atoms. The predicted octanol–water partition coefficient (Wildman–Crippen LogP) is 2.71. The third-order valence-corrected chi connectivity index (χ3v) is 3.98. The molecule has 0 aromatic heterocycles. The molecule has 0 unspecified atom stereocenters. The second-order valence-corrected chi connectivity index (χ2v) is 6.01. The Balaban J connectivity index is 2.27. The van der Waals surface area contributed by atoms with Crippen molar-refractivity contribution in [3.05, 3.63) is 69.8 Å². The minimum atomic E-state index is -3.87. The minimum Gasteiger partial charge on any atom is -0.258 e. The number of rotatable bonds is 4. The van der Waals surface area contributed by atoms with Crippen LogP contribution in [0.3, 0.4) is 0 Å². The van der Waals surface area contributed by atoms with Crippen LogP contribution in [0.4, 0.5) is 5.69 Å². The van der Waals surface area contributed by atoms with Gasteiger partial charge in [0.05, 0.1) is 9.82 Å². The normalized spacial score (nSPS) is 11.7. The maximum Gasteiger partial charge on any atom is 0.282 e. The highest BCUT2D eigenvalue weighted by atomic mass is 32.2. The van der Waals surface area contributed by atoms with Crippen molar-refractivity contribution in [2.75, 3.05) is 0 Å². The van der Waals surface area contributed by atoms with E-state index in [2.05, 4.69) is 4.40 Å². The molecule has 2 aromatic rings. The fourth-order valence-corrected chi connectivity index (χ4v) is 2.54. The lowest BCUT2D eigenvalue weighted by Crippen LogP contribution is -1.98. The lowest BCUT2D eigenvalue weighted by Gasteiger charge is -1.99. The molecule has 0 bridgehead atoms. The fraction of sp³-hybridized carbons (Fsp3) is 0.0714. The summed E-state index contributed by atoms with van der Waals surface area (Å²) in [5.41, 5.74) is 1.49. The zero-order chi connectivity index (χ0) is 15.5. The van der Waals surface area contributed by atoms with Gasteiger partial charge >= 0.3 is 0 Å². The van der Waals surface area contributed by atoms with Gasteiger partial charge in [-0.1, -0.05) is 29.8 Å². The third kappa shape index (κ3) is 3.73. The lowest BCUT2D eigenvalue weighted by atomic mass is 10.2. The Bertz CT molecular complexity index is 796. The van der Waals surface area contributed by atoms with Gasteiger partial charge in [-0.15, -0.1) is 0 Å². The summed E-state index contributed by atoms with van der Waals surface area (Å²) in [5.74, 6) is 0. The molecule has 0 radical (unpaired) electrons. The summed E-state index contributed by atoms with van der Waals surface area (Å²) >= 11 is 0. The quantitative estimate of drug-likeness (QED) is 0.493. The van der Waals surface area contributed by atoms with Gasteiger partial charge in [-0.25, -0.2) is 0 Å². The van der Waals surface area contributed by atoms with Crippen molar-refractivity contribution >= 4 is 21.9 Å². The van der Waals surface area contributed by atoms with E-state index in [-0.39, 0.29) is 10.6 Å². The molecule has 2 aromatic carbocycles. The van der Waals surface area contributed by atoms with Crippen LogP contribution in [-0.2, 0) is 10.0 Å². The Kier molecular flexibility index (Phi) is 4.13. The van der Waals surface area contributed by atoms with Crippen LogP contribution in [0.25, 0.3) is 0 Å². The van der Waals surface area contributed by atoms with E-state index in [4.69, 9.17) is 0 Å². The average molecular weight is 304 g/mol. The maximum atomic E-state index is 12.0. The topological polar surface area (TPSA) is 89.6 Å². The summed E-state index contributed by atoms with van der Waals surface area (Å²) in [6.07, 6.45) is 1.25. The number of nitro groups is 1. The van der Waals surface area contributed by atoms with E-state index in [9.17, 15) is 18.5 Å². The molecule has 0 saturated heterocycles. The Morgan fingerprint density at radius 3 is 2.38 bits per heavy atom. The van der Waals surface area contributed by atoms with Crippen LogP contribution in [0.5, 0.6) is 0 Å². The molecule has 0 fully saturated rings. The molecule has 0 aliphatic carbocycles. The smallest absolute Gasteiger partial charge is 0.258 e. The van der Waals surface area contributed by atoms with Crippen molar-refractivity contribution in [1.82, 2.24) is 0 Å². The molecule has 6 nitrogen and oxygen atoms in total. The van der Waals surface area contributed by atoms with Gasteiger partial charge in [0.2, 0.25) is 0 Å². The van der Waals surface area contributed by atoms with E-state index in [1.54, 1.807) is 18.2 Å². The van der Waals surface area contributed by atoms with Gasteiger partial charge in [0.15, 0.2) is 0 Å². The monoisotopic (exact) mass is 304 g/mol. The summed E-state index contributed by atoms with van der Waals surface area (Å²) < 4.78 is 27.6. The molecule has 0 amide bonds. The Morgan fingerprint density at radius 2 is 1.81 bits per heavy atom. The van der Waals surface area contributed by atoms with Crippen molar-refractivity contribution in [2.24, 2.45) is 4.40 Å². The second-order valence-electron chi connectivity index (χ2n) is 4.37. The number of nitro benzene ring substituents is 1. The van der Waals surface area contributed by atoms with Gasteiger partial charge in [-0.3, -0.25) is 10.1 Å². The average Bonchev–Trinajstić information content (AvgIpc) is 2.45. The van der Waals surface area contributed by atoms with Crippen LogP contribution < -0.4 is 0 Å². The second kappa shape index (κ2) is 5.84. The molecule has 0 aliphatic rings. The molecule has 7 heteroatoms. The fourth-order valence-electron chi connectivity index (χ4n) is 1.68. The summed E-state index contributed by atoms with van der Waals surface area (Å²) in [6, 6.07) is 11.8. The molecule has 2 rings (SSSR count). The number of aryl methyl sites for hydroxylation is 1. The number of non-ortho nitro benzene ring substituents is 1. The largest absolute Gasteiger partial charge is 0.282 e. The van der Waals surface area contributed by atoms with Crippen LogP contribution in [0.2, 0.25) is 0 Å². The zero-order valence-corrected chi connectivity index (χ0v) is 11.9. The number of sulfonamides is 1. The van der Waals surface area contributed by atoms with Gasteiger partial charge < -0.3 is 0 Å². The van der Waals surface area contributed by atoms with Gasteiger partial charge in [0, 0.05) is 18.3 Å². The first-order chi connectivity index (χ1) is 9.88. The Hall–Kier alpha value is -2.54. The Morgan fingerprint density at radius 1 is 1.14 bits per heavy atom. The molecule has 0 aliphatic heterocycles. The van der Waals surface area contributed by atoms with Crippen LogP contribution in [0.15, 0.2) is 57.8 Å². The van der Waals surface area contributed by atoms with E-state index in [0.717, 1.165) is 17.7 Å². The number of hydrogen-bond acceptors (Lipinski definition) is 4. The van der Waals surface area contributed by atoms with Gasteiger partial charge in [0.25, 0.3) is 15.7 Å². The van der Waals surface area contributed by atoms with E-state index >= 15 is 0 Å². The molecule has 0 N–H and O–H groups in total. The number of nitrogens with zero attached hydrogens (tertiary/aromatic N) is 2. The van der Waals surface area contributed by atoms with Crippen LogP contribution in [0, 0.1) is 17.0 Å². The van der Waals surface area contributed by atoms with Crippen LogP contribution >= 0.6 is 0 Å². The molecular weight excluding hydrogens is 292 g/mol. The molecule has 0 heterocycles. The Labute approximate surface area is 122 Å². The highest BCUT2D eigenvalue weighted by Crippen LogP contribution is 2.17. The first kappa shape index (κ1) is 14.9. The van der Waals surface area contributed by atoms with Gasteiger partial charge in [-0.05, 0) is 24.6 Å². The van der Waals surface area contributed by atoms with Crippen molar-refractivity contribution in [1.29, 1.82) is 0 Å². The highest BCUT2D eigenvalue weighted by molar-refractivity contribution is 7.90. The summed E-state index contributed by atoms with van der Waals surface area (Å²) in [7, 11) is -3.87. The summed E-state index contributed by atoms with van der Waals surface area (Å²) in [4.78, 5) is 9.85. The molecule has 0 atom stereocenters. The van der Waals surface area contributed by atoms with Gasteiger partial charge in [0.1, 0.15) is 0 Å². The zero-order valence-electron chi connectivity index (χ0n) is 11.1. The lowest BCUT2D eigenvalue weighted by molar-refractivity contribution is -0.384. The van der Waals surface area contributed by atoms with Crippen LogP contribution in [-0.4, -0.2) is 19.6 Å². The van der Waals surface area contributed by atoms with E-state index in [1.807, 2.05) is 13.0 Å². The molecule has 0 saturated carbocycles. The molecule has 0 spiro atoms. The van der Waals surface area contributed by atoms with Crippen LogP contribution in [0.1, 0.15) is 11.1 Å². The van der Waals surface area contributed by atoms with E-state index in [0.29, 0.717) is 5.56 Å². The number of benzene rings is 2. The first-order valence-electron chi connectivity index (χ1n) is 6.00. The van der Waals surface area contributed by atoms with Crippen molar-refractivity contribution in [3.8, 4) is 0 Å². The minimum absolute atomic E-state index is 0.0861. The predicted molar refractivity (Wildman–Crippen MR) is 79.1 cm³/mol. The van der Waals surface area contributed by atoms with E-state index < -0.39 is 14.9 Å². The SMILES string of the molecule is Cc1cccc(/C=N/S(=O)(=O)c2ccc([N+](=O)[O-])cc2)c1. The molecular formula is C14H12N2O4S. The van der Waals surface area contributed by atoms with Crippen molar-refractivity contribution in [2.45, 2.75) is 11.8 Å². The van der Waals surface area contributed by atoms with Crippen molar-refractivity contribution < 1.29 is 13.3 Å². The summed E-state index contributed by atoms with van der Waals surface area (Å²) in [6.45, 7) is 1.89. The number of hydrogen-bond donors (Lipinski definition) is 0. The van der Waals surface area contributed by atoms with E-state index in [1.165, 1.54) is 18.3 Å².